The molecule has 2 aliphatic rings. The highest BCUT2D eigenvalue weighted by Gasteiger charge is 2.30. The number of aromatic amines is 1. The van der Waals surface area contributed by atoms with Crippen LogP contribution in [0.25, 0.3) is 16.6 Å². The molecular formula is C24H26ClN5O. The van der Waals surface area contributed by atoms with Crippen LogP contribution >= 0.6 is 11.6 Å². The van der Waals surface area contributed by atoms with Gasteiger partial charge in [-0.05, 0) is 61.6 Å². The lowest BCUT2D eigenvalue weighted by molar-refractivity contribution is 0.351. The summed E-state index contributed by atoms with van der Waals surface area (Å²) in [6.07, 6.45) is 4.54. The normalized spacial score (nSPS) is 17.3. The molecule has 0 radical (unpaired) electrons. The number of fused-ring (bicyclic) bond motifs is 1. The Bertz CT molecular complexity index is 1140. The molecule has 0 unspecified atom stereocenters. The Morgan fingerprint density at radius 3 is 2.61 bits per heavy atom. The van der Waals surface area contributed by atoms with E-state index in [1.165, 1.54) is 24.9 Å². The van der Waals surface area contributed by atoms with Gasteiger partial charge in [-0.3, -0.25) is 5.41 Å². The highest BCUT2D eigenvalue weighted by molar-refractivity contribution is 6.30. The number of aromatic nitrogens is 2. The Balaban J connectivity index is 1.33. The first-order chi connectivity index (χ1) is 15.1. The molecule has 0 saturated carbocycles. The van der Waals surface area contributed by atoms with Gasteiger partial charge in [0.05, 0.1) is 23.2 Å². The third kappa shape index (κ3) is 4.00. The molecule has 160 valence electrons. The average molecular weight is 436 g/mol. The van der Waals surface area contributed by atoms with Crippen LogP contribution in [0.2, 0.25) is 5.02 Å². The van der Waals surface area contributed by atoms with Gasteiger partial charge in [-0.1, -0.05) is 23.7 Å². The molecule has 2 aromatic carbocycles. The minimum Gasteiger partial charge on any atom is -0.510 e. The predicted molar refractivity (Wildman–Crippen MR) is 126 cm³/mol. The van der Waals surface area contributed by atoms with E-state index in [0.717, 1.165) is 36.1 Å². The minimum absolute atomic E-state index is 0.191. The summed E-state index contributed by atoms with van der Waals surface area (Å²) in [7, 11) is 0. The zero-order valence-corrected chi connectivity index (χ0v) is 18.1. The number of halogens is 1. The van der Waals surface area contributed by atoms with Crippen molar-refractivity contribution in [2.75, 3.05) is 31.1 Å². The number of nitrogens with one attached hydrogen (secondary N) is 2. The van der Waals surface area contributed by atoms with Crippen molar-refractivity contribution in [1.29, 1.82) is 5.41 Å². The lowest BCUT2D eigenvalue weighted by atomic mass is 10.1. The number of benzene rings is 2. The zero-order chi connectivity index (χ0) is 21.4. The monoisotopic (exact) mass is 435 g/mol. The summed E-state index contributed by atoms with van der Waals surface area (Å²) in [5, 5.41) is 20.0. The first-order valence-electron chi connectivity index (χ1n) is 10.8. The van der Waals surface area contributed by atoms with Gasteiger partial charge >= 0.3 is 0 Å². The number of aliphatic hydroxyl groups excluding tert-OH is 1. The fourth-order valence-corrected chi connectivity index (χ4v) is 4.58. The maximum absolute atomic E-state index is 10.6. The van der Waals surface area contributed by atoms with Gasteiger partial charge in [0.15, 0.2) is 0 Å². The molecule has 7 heteroatoms. The average Bonchev–Trinajstić information content (AvgIpc) is 3.33. The lowest BCUT2D eigenvalue weighted by Crippen LogP contribution is -2.29. The van der Waals surface area contributed by atoms with Crippen LogP contribution in [0, 0.1) is 5.41 Å². The second-order valence-corrected chi connectivity index (χ2v) is 8.74. The van der Waals surface area contributed by atoms with Gasteiger partial charge < -0.3 is 19.9 Å². The van der Waals surface area contributed by atoms with Gasteiger partial charge in [0.25, 0.3) is 0 Å². The topological polar surface area (TPSA) is 79.2 Å². The highest BCUT2D eigenvalue weighted by Crippen LogP contribution is 2.29. The van der Waals surface area contributed by atoms with Gasteiger partial charge in [-0.25, -0.2) is 4.98 Å². The van der Waals surface area contributed by atoms with Crippen molar-refractivity contribution in [1.82, 2.24) is 14.9 Å². The molecular weight excluding hydrogens is 410 g/mol. The van der Waals surface area contributed by atoms with Crippen LogP contribution in [-0.4, -0.2) is 52.0 Å². The molecule has 3 N–H and O–H groups in total. The third-order valence-electron chi connectivity index (χ3n) is 6.19. The number of anilines is 1. The Morgan fingerprint density at radius 1 is 1.06 bits per heavy atom. The summed E-state index contributed by atoms with van der Waals surface area (Å²) in [6, 6.07) is 14.0. The summed E-state index contributed by atoms with van der Waals surface area (Å²) < 4.78 is 0. The number of imidazole rings is 1. The fraction of sp³-hybridized carbons (Fsp3) is 0.333. The maximum Gasteiger partial charge on any atom is 0.145 e. The Labute approximate surface area is 186 Å². The van der Waals surface area contributed by atoms with E-state index in [9.17, 15) is 5.11 Å². The number of rotatable bonds is 5. The van der Waals surface area contributed by atoms with E-state index in [4.69, 9.17) is 17.0 Å². The van der Waals surface area contributed by atoms with E-state index in [0.29, 0.717) is 35.3 Å². The van der Waals surface area contributed by atoms with Crippen molar-refractivity contribution in [3.8, 4) is 0 Å². The predicted octanol–water partition coefficient (Wildman–Crippen LogP) is 5.01. The zero-order valence-electron chi connectivity index (χ0n) is 17.4. The van der Waals surface area contributed by atoms with Crippen LogP contribution in [0.1, 0.15) is 30.7 Å². The van der Waals surface area contributed by atoms with Crippen molar-refractivity contribution < 1.29 is 5.11 Å². The molecule has 3 aromatic rings. The standard InChI is InChI=1S/C24H26ClN5O/c25-17-6-4-16(5-7-17)10-13-30-15-21(31)22(23(30)26)24-27-19-9-8-18(14-20(19)28-24)29-11-2-1-3-12-29/h4-9,14,26,31H,1-3,10-13,15H2,(H,27,28). The van der Waals surface area contributed by atoms with Crippen molar-refractivity contribution in [2.45, 2.75) is 25.7 Å². The Hall–Kier alpha value is -2.99. The summed E-state index contributed by atoms with van der Waals surface area (Å²) in [5.41, 5.74) is 4.63. The molecule has 0 aliphatic carbocycles. The van der Waals surface area contributed by atoms with Crippen LogP contribution in [0.4, 0.5) is 5.69 Å². The fourth-order valence-electron chi connectivity index (χ4n) is 4.45. The number of hydrogen-bond acceptors (Lipinski definition) is 4. The Kier molecular flexibility index (Phi) is 5.32. The highest BCUT2D eigenvalue weighted by atomic mass is 35.5. The summed E-state index contributed by atoms with van der Waals surface area (Å²) >= 11 is 5.96. The number of amidine groups is 1. The van der Waals surface area contributed by atoms with Gasteiger partial charge in [-0.15, -0.1) is 0 Å². The maximum atomic E-state index is 10.6. The largest absolute Gasteiger partial charge is 0.510 e. The first-order valence-corrected chi connectivity index (χ1v) is 11.2. The van der Waals surface area contributed by atoms with E-state index in [1.54, 1.807) is 0 Å². The molecule has 0 spiro atoms. The number of piperidine rings is 1. The van der Waals surface area contributed by atoms with Crippen LogP contribution in [-0.2, 0) is 6.42 Å². The van der Waals surface area contributed by atoms with Crippen LogP contribution in [0.3, 0.4) is 0 Å². The number of hydrogen-bond donors (Lipinski definition) is 3. The molecule has 1 saturated heterocycles. The van der Waals surface area contributed by atoms with Gasteiger partial charge in [-0.2, -0.15) is 0 Å². The third-order valence-corrected chi connectivity index (χ3v) is 6.44. The quantitative estimate of drug-likeness (QED) is 0.526. The summed E-state index contributed by atoms with van der Waals surface area (Å²) in [5.74, 6) is 1.06. The van der Waals surface area contributed by atoms with Crippen molar-refractivity contribution in [3.05, 3.63) is 64.6 Å². The summed E-state index contributed by atoms with van der Waals surface area (Å²) in [4.78, 5) is 12.3. The molecule has 3 heterocycles. The van der Waals surface area contributed by atoms with Crippen LogP contribution < -0.4 is 4.90 Å². The van der Waals surface area contributed by atoms with Crippen molar-refractivity contribution in [2.24, 2.45) is 0 Å². The van der Waals surface area contributed by atoms with Gasteiger partial charge in [0.2, 0.25) is 0 Å². The number of nitrogens with zero attached hydrogens (tertiary/aromatic N) is 3. The molecule has 1 fully saturated rings. The van der Waals surface area contributed by atoms with E-state index < -0.39 is 0 Å². The SMILES string of the molecule is N=C1C(c2nc3ccc(N4CCCCC4)cc3[nH]2)=C(O)CN1CCc1ccc(Cl)cc1. The molecule has 6 nitrogen and oxygen atoms in total. The smallest absolute Gasteiger partial charge is 0.145 e. The molecule has 5 rings (SSSR count). The molecule has 1 aromatic heterocycles. The van der Waals surface area contributed by atoms with Gasteiger partial charge in [0.1, 0.15) is 17.4 Å². The van der Waals surface area contributed by atoms with Crippen molar-refractivity contribution in [3.63, 3.8) is 0 Å². The van der Waals surface area contributed by atoms with E-state index in [2.05, 4.69) is 27.0 Å². The molecule has 2 aliphatic heterocycles. The van der Waals surface area contributed by atoms with E-state index in [-0.39, 0.29) is 5.76 Å². The minimum atomic E-state index is 0.191. The summed E-state index contributed by atoms with van der Waals surface area (Å²) in [6.45, 7) is 3.16. The second kappa shape index (κ2) is 8.27. The molecule has 0 bridgehead atoms. The second-order valence-electron chi connectivity index (χ2n) is 8.30. The van der Waals surface area contributed by atoms with E-state index in [1.807, 2.05) is 35.2 Å². The molecule has 0 atom stereocenters. The first kappa shape index (κ1) is 19.9. The molecule has 0 amide bonds. The van der Waals surface area contributed by atoms with Crippen LogP contribution in [0.5, 0.6) is 0 Å². The van der Waals surface area contributed by atoms with E-state index >= 15 is 0 Å². The van der Waals surface area contributed by atoms with Crippen molar-refractivity contribution >= 4 is 39.7 Å². The Morgan fingerprint density at radius 2 is 1.84 bits per heavy atom. The molecule has 31 heavy (non-hydrogen) atoms. The lowest BCUT2D eigenvalue weighted by Gasteiger charge is -2.28. The number of aliphatic hydroxyl groups is 1. The van der Waals surface area contributed by atoms with Gasteiger partial charge in [0, 0.05) is 30.3 Å². The number of H-pyrrole nitrogens is 1. The van der Waals surface area contributed by atoms with Crippen LogP contribution in [0.15, 0.2) is 48.2 Å².